The molecule has 1 aromatic rings. The summed E-state index contributed by atoms with van der Waals surface area (Å²) in [5, 5.41) is 18.2. The molecule has 2 rings (SSSR count). The first-order valence-corrected chi connectivity index (χ1v) is 8.82. The van der Waals surface area contributed by atoms with Crippen LogP contribution in [0.3, 0.4) is 0 Å². The Labute approximate surface area is 131 Å². The van der Waals surface area contributed by atoms with Crippen LogP contribution in [0.4, 0.5) is 5.69 Å². The van der Waals surface area contributed by atoms with Crippen molar-refractivity contribution in [2.75, 3.05) is 23.0 Å². The van der Waals surface area contributed by atoms with Gasteiger partial charge in [0.25, 0.3) is 0 Å². The van der Waals surface area contributed by atoms with Crippen molar-refractivity contribution >= 4 is 37.4 Å². The SMILES string of the molecule is N#Cc1ccc(Br)cc1N1CCS(=O)(=O)CC1CC(=O)O. The molecular formula is C13H13BrN2O4S. The van der Waals surface area contributed by atoms with Crippen LogP contribution in [0.15, 0.2) is 22.7 Å². The number of hydrogen-bond donors (Lipinski definition) is 1. The van der Waals surface area contributed by atoms with Crippen molar-refractivity contribution < 1.29 is 18.3 Å². The maximum atomic E-state index is 11.7. The summed E-state index contributed by atoms with van der Waals surface area (Å²) in [7, 11) is -3.25. The quantitative estimate of drug-likeness (QED) is 0.860. The van der Waals surface area contributed by atoms with Gasteiger partial charge in [0.15, 0.2) is 9.84 Å². The van der Waals surface area contributed by atoms with Crippen molar-refractivity contribution in [2.45, 2.75) is 12.5 Å². The molecule has 1 aromatic carbocycles. The number of carboxylic acids is 1. The molecule has 1 aliphatic heterocycles. The Morgan fingerprint density at radius 2 is 2.24 bits per heavy atom. The van der Waals surface area contributed by atoms with Crippen molar-refractivity contribution in [3.8, 4) is 6.07 Å². The van der Waals surface area contributed by atoms with Gasteiger partial charge in [0, 0.05) is 11.0 Å². The molecule has 1 atom stereocenters. The normalized spacial score (nSPS) is 20.8. The maximum Gasteiger partial charge on any atom is 0.305 e. The Bertz CT molecular complexity index is 711. The highest BCUT2D eigenvalue weighted by Gasteiger charge is 2.33. The number of aliphatic carboxylic acids is 1. The van der Waals surface area contributed by atoms with Crippen LogP contribution >= 0.6 is 15.9 Å². The molecule has 1 fully saturated rings. The Hall–Kier alpha value is -1.59. The van der Waals surface area contributed by atoms with Gasteiger partial charge in [-0.3, -0.25) is 4.79 Å². The van der Waals surface area contributed by atoms with E-state index in [1.54, 1.807) is 23.1 Å². The maximum absolute atomic E-state index is 11.7. The van der Waals surface area contributed by atoms with E-state index in [2.05, 4.69) is 22.0 Å². The van der Waals surface area contributed by atoms with Gasteiger partial charge >= 0.3 is 5.97 Å². The number of rotatable bonds is 3. The van der Waals surface area contributed by atoms with E-state index in [-0.39, 0.29) is 24.5 Å². The van der Waals surface area contributed by atoms with Crippen LogP contribution in [0.1, 0.15) is 12.0 Å². The minimum absolute atomic E-state index is 0.0412. The number of carboxylic acid groups (broad SMARTS) is 1. The van der Waals surface area contributed by atoms with Crippen molar-refractivity contribution in [1.82, 2.24) is 0 Å². The third-order valence-electron chi connectivity index (χ3n) is 3.33. The smallest absolute Gasteiger partial charge is 0.305 e. The third-order valence-corrected chi connectivity index (χ3v) is 5.52. The zero-order chi connectivity index (χ0) is 15.6. The number of anilines is 1. The minimum atomic E-state index is -3.25. The number of nitriles is 1. The molecule has 8 heteroatoms. The van der Waals surface area contributed by atoms with Crippen molar-refractivity contribution in [2.24, 2.45) is 0 Å². The lowest BCUT2D eigenvalue weighted by atomic mass is 10.1. The number of halogens is 1. The number of benzene rings is 1. The van der Waals surface area contributed by atoms with Crippen molar-refractivity contribution in [3.05, 3.63) is 28.2 Å². The summed E-state index contributed by atoms with van der Waals surface area (Å²) in [6, 6.07) is 6.45. The molecule has 21 heavy (non-hydrogen) atoms. The minimum Gasteiger partial charge on any atom is -0.481 e. The summed E-state index contributed by atoms with van der Waals surface area (Å²) in [4.78, 5) is 12.7. The average molecular weight is 373 g/mol. The van der Waals surface area contributed by atoms with Crippen LogP contribution in [0.25, 0.3) is 0 Å². The van der Waals surface area contributed by atoms with E-state index in [0.717, 1.165) is 4.47 Å². The molecule has 1 aliphatic rings. The van der Waals surface area contributed by atoms with Crippen LogP contribution < -0.4 is 4.90 Å². The van der Waals surface area contributed by atoms with E-state index in [1.807, 2.05) is 0 Å². The molecule has 1 unspecified atom stereocenters. The Kier molecular flexibility index (Phi) is 4.54. The average Bonchev–Trinajstić information content (AvgIpc) is 2.37. The monoisotopic (exact) mass is 372 g/mol. The highest BCUT2D eigenvalue weighted by molar-refractivity contribution is 9.10. The number of nitrogens with zero attached hydrogens (tertiary/aromatic N) is 2. The Balaban J connectivity index is 2.43. The van der Waals surface area contributed by atoms with E-state index in [4.69, 9.17) is 5.11 Å². The fraction of sp³-hybridized carbons (Fsp3) is 0.385. The zero-order valence-corrected chi connectivity index (χ0v) is 13.4. The summed E-state index contributed by atoms with van der Waals surface area (Å²) >= 11 is 3.31. The van der Waals surface area contributed by atoms with Crippen LogP contribution in [-0.2, 0) is 14.6 Å². The van der Waals surface area contributed by atoms with E-state index in [0.29, 0.717) is 11.3 Å². The second-order valence-electron chi connectivity index (χ2n) is 4.83. The van der Waals surface area contributed by atoms with Gasteiger partial charge in [-0.05, 0) is 18.2 Å². The second kappa shape index (κ2) is 6.03. The number of hydrogen-bond acceptors (Lipinski definition) is 5. The molecule has 112 valence electrons. The van der Waals surface area contributed by atoms with Crippen LogP contribution in [0, 0.1) is 11.3 Å². The Morgan fingerprint density at radius 3 is 2.86 bits per heavy atom. The van der Waals surface area contributed by atoms with Gasteiger partial charge in [-0.25, -0.2) is 8.42 Å². The molecule has 0 saturated carbocycles. The largest absolute Gasteiger partial charge is 0.481 e. The van der Waals surface area contributed by atoms with E-state index in [9.17, 15) is 18.5 Å². The molecule has 0 aromatic heterocycles. The molecule has 6 nitrogen and oxygen atoms in total. The summed E-state index contributed by atoms with van der Waals surface area (Å²) in [6.07, 6.45) is -0.281. The van der Waals surface area contributed by atoms with Crippen LogP contribution in [-0.4, -0.2) is 43.6 Å². The lowest BCUT2D eigenvalue weighted by Gasteiger charge is -2.37. The number of carbonyl (C=O) groups is 1. The lowest BCUT2D eigenvalue weighted by molar-refractivity contribution is -0.137. The highest BCUT2D eigenvalue weighted by atomic mass is 79.9. The van der Waals surface area contributed by atoms with E-state index in [1.165, 1.54) is 0 Å². The van der Waals surface area contributed by atoms with Gasteiger partial charge in [-0.1, -0.05) is 15.9 Å². The van der Waals surface area contributed by atoms with Crippen molar-refractivity contribution in [1.29, 1.82) is 5.26 Å². The Morgan fingerprint density at radius 1 is 1.52 bits per heavy atom. The first kappa shape index (κ1) is 15.8. The summed E-state index contributed by atoms with van der Waals surface area (Å²) < 4.78 is 24.2. The third kappa shape index (κ3) is 3.74. The number of sulfone groups is 1. The summed E-state index contributed by atoms with van der Waals surface area (Å²) in [6.45, 7) is 0.186. The first-order chi connectivity index (χ1) is 9.82. The lowest BCUT2D eigenvalue weighted by Crippen LogP contribution is -2.49. The highest BCUT2D eigenvalue weighted by Crippen LogP contribution is 2.29. The van der Waals surface area contributed by atoms with Gasteiger partial charge in [0.2, 0.25) is 0 Å². The molecular weight excluding hydrogens is 360 g/mol. The van der Waals surface area contributed by atoms with Gasteiger partial charge in [0.05, 0.1) is 35.2 Å². The van der Waals surface area contributed by atoms with Gasteiger partial charge < -0.3 is 10.0 Å². The molecule has 0 radical (unpaired) electrons. The van der Waals surface area contributed by atoms with E-state index >= 15 is 0 Å². The predicted molar refractivity (Wildman–Crippen MR) is 80.9 cm³/mol. The summed E-state index contributed by atoms with van der Waals surface area (Å²) in [5.74, 6) is -1.31. The zero-order valence-electron chi connectivity index (χ0n) is 11.0. The molecule has 0 amide bonds. The van der Waals surface area contributed by atoms with Crippen molar-refractivity contribution in [3.63, 3.8) is 0 Å². The molecule has 1 N–H and O–H groups in total. The predicted octanol–water partition coefficient (Wildman–Crippen LogP) is 1.40. The molecule has 1 saturated heterocycles. The topological polar surface area (TPSA) is 98.5 Å². The molecule has 0 aliphatic carbocycles. The fourth-order valence-electron chi connectivity index (χ4n) is 2.41. The van der Waals surface area contributed by atoms with Gasteiger partial charge in [0.1, 0.15) is 6.07 Å². The standard InChI is InChI=1S/C13H13BrN2O4S/c14-10-2-1-9(7-15)12(5-10)16-3-4-21(19,20)8-11(16)6-13(17)18/h1-2,5,11H,3-4,6,8H2,(H,17,18). The molecule has 1 heterocycles. The second-order valence-corrected chi connectivity index (χ2v) is 7.98. The van der Waals surface area contributed by atoms with Gasteiger partial charge in [-0.2, -0.15) is 5.26 Å². The van der Waals surface area contributed by atoms with Crippen LogP contribution in [0.5, 0.6) is 0 Å². The van der Waals surface area contributed by atoms with Crippen LogP contribution in [0.2, 0.25) is 0 Å². The van der Waals surface area contributed by atoms with Gasteiger partial charge in [-0.15, -0.1) is 0 Å². The van der Waals surface area contributed by atoms with E-state index < -0.39 is 21.8 Å². The fourth-order valence-corrected chi connectivity index (χ4v) is 4.29. The molecule has 0 bridgehead atoms. The summed E-state index contributed by atoms with van der Waals surface area (Å²) in [5.41, 5.74) is 0.959. The first-order valence-electron chi connectivity index (χ1n) is 6.21. The molecule has 0 spiro atoms.